The van der Waals surface area contributed by atoms with E-state index in [9.17, 15) is 19.2 Å². The minimum atomic E-state index is -0.792. The Bertz CT molecular complexity index is 1160. The van der Waals surface area contributed by atoms with E-state index in [1.165, 1.54) is 12.1 Å². The first kappa shape index (κ1) is 21.0. The van der Waals surface area contributed by atoms with Crippen LogP contribution in [0, 0.1) is 0 Å². The number of benzene rings is 2. The molecule has 0 saturated carbocycles. The Labute approximate surface area is 172 Å². The van der Waals surface area contributed by atoms with Gasteiger partial charge in [-0.15, -0.1) is 0 Å². The molecular weight excluding hydrogens is 386 g/mol. The number of aromatic nitrogens is 2. The Morgan fingerprint density at radius 3 is 2.30 bits per heavy atom. The minimum absolute atomic E-state index is 0.0872. The molecule has 1 N–H and O–H groups in total. The number of amides is 1. The van der Waals surface area contributed by atoms with Crippen molar-refractivity contribution in [1.82, 2.24) is 14.7 Å². The molecule has 0 aliphatic rings. The fourth-order valence-corrected chi connectivity index (χ4v) is 3.10. The van der Waals surface area contributed by atoms with Crippen LogP contribution in [0.15, 0.2) is 64.2 Å². The first-order valence-electron chi connectivity index (χ1n) is 9.57. The predicted molar refractivity (Wildman–Crippen MR) is 112 cm³/mol. The zero-order chi connectivity index (χ0) is 21.7. The van der Waals surface area contributed by atoms with Crippen LogP contribution in [0.25, 0.3) is 10.8 Å². The Balaban J connectivity index is 1.66. The van der Waals surface area contributed by atoms with Crippen LogP contribution in [-0.2, 0) is 27.4 Å². The van der Waals surface area contributed by atoms with Crippen LogP contribution in [0.5, 0.6) is 0 Å². The number of hydrogen-bond acceptors (Lipinski definition) is 5. The van der Waals surface area contributed by atoms with Gasteiger partial charge in [-0.2, -0.15) is 0 Å². The number of carbonyl (C=O) groups is 2. The van der Waals surface area contributed by atoms with Gasteiger partial charge in [-0.1, -0.05) is 42.5 Å². The topological polar surface area (TPSA) is 101 Å². The van der Waals surface area contributed by atoms with Crippen LogP contribution >= 0.6 is 0 Å². The van der Waals surface area contributed by atoms with Crippen LogP contribution in [0.1, 0.15) is 19.4 Å². The maximum atomic E-state index is 12.6. The summed E-state index contributed by atoms with van der Waals surface area (Å²) in [6.07, 6.45) is 0. The van der Waals surface area contributed by atoms with Gasteiger partial charge >= 0.3 is 5.97 Å². The normalized spacial score (nSPS) is 10.9. The van der Waals surface area contributed by atoms with Crippen molar-refractivity contribution in [3.05, 3.63) is 80.9 Å². The molecule has 0 saturated heterocycles. The maximum absolute atomic E-state index is 12.6. The van der Waals surface area contributed by atoms with Crippen molar-refractivity contribution in [1.29, 1.82) is 0 Å². The van der Waals surface area contributed by atoms with E-state index in [0.717, 1.165) is 10.2 Å². The van der Waals surface area contributed by atoms with Gasteiger partial charge in [-0.05, 0) is 31.5 Å². The summed E-state index contributed by atoms with van der Waals surface area (Å²) in [7, 11) is 0. The standard InChI is InChI=1S/C22H23N3O5/c1-15(2)24(12-16-8-4-3-5-9-16)19(26)14-30-20(27)13-25-22(29)18-11-7-6-10-17(18)21(28)23-25/h3-11,15H,12-14H2,1-2H3,(H,23,28). The fourth-order valence-electron chi connectivity index (χ4n) is 3.10. The first-order chi connectivity index (χ1) is 14.4. The molecule has 1 amide bonds. The number of nitrogens with zero attached hydrogens (tertiary/aromatic N) is 2. The van der Waals surface area contributed by atoms with Gasteiger partial charge in [0.25, 0.3) is 17.0 Å². The van der Waals surface area contributed by atoms with Crippen molar-refractivity contribution >= 4 is 22.6 Å². The third-order valence-electron chi connectivity index (χ3n) is 4.67. The molecule has 8 nitrogen and oxygen atoms in total. The lowest BCUT2D eigenvalue weighted by Gasteiger charge is -2.26. The second-order valence-corrected chi connectivity index (χ2v) is 7.14. The van der Waals surface area contributed by atoms with E-state index in [0.29, 0.717) is 6.54 Å². The molecule has 0 atom stereocenters. The van der Waals surface area contributed by atoms with E-state index in [1.807, 2.05) is 44.2 Å². The molecule has 30 heavy (non-hydrogen) atoms. The number of ether oxygens (including phenoxy) is 1. The second kappa shape index (κ2) is 9.21. The molecule has 1 aromatic heterocycles. The monoisotopic (exact) mass is 409 g/mol. The smallest absolute Gasteiger partial charge is 0.328 e. The summed E-state index contributed by atoms with van der Waals surface area (Å²) < 4.78 is 5.96. The summed E-state index contributed by atoms with van der Waals surface area (Å²) in [5.74, 6) is -1.14. The van der Waals surface area contributed by atoms with Crippen LogP contribution in [0.2, 0.25) is 0 Å². The number of H-pyrrole nitrogens is 1. The highest BCUT2D eigenvalue weighted by Gasteiger charge is 2.19. The second-order valence-electron chi connectivity index (χ2n) is 7.14. The van der Waals surface area contributed by atoms with E-state index < -0.39 is 30.2 Å². The Morgan fingerprint density at radius 1 is 1.00 bits per heavy atom. The number of rotatable bonds is 7. The third kappa shape index (κ3) is 4.83. The summed E-state index contributed by atoms with van der Waals surface area (Å²) in [6.45, 7) is 3.21. The van der Waals surface area contributed by atoms with Crippen molar-refractivity contribution in [2.75, 3.05) is 6.61 Å². The van der Waals surface area contributed by atoms with Gasteiger partial charge in [-0.25, -0.2) is 4.68 Å². The van der Waals surface area contributed by atoms with Gasteiger partial charge in [0.15, 0.2) is 6.61 Å². The Morgan fingerprint density at radius 2 is 1.63 bits per heavy atom. The zero-order valence-electron chi connectivity index (χ0n) is 16.8. The number of aromatic amines is 1. The van der Waals surface area contributed by atoms with Crippen molar-refractivity contribution in [2.45, 2.75) is 33.0 Å². The van der Waals surface area contributed by atoms with E-state index in [2.05, 4.69) is 5.10 Å². The highest BCUT2D eigenvalue weighted by molar-refractivity contribution is 5.82. The molecule has 0 aliphatic heterocycles. The SMILES string of the molecule is CC(C)N(Cc1ccccc1)C(=O)COC(=O)Cn1[nH]c(=O)c2ccccc2c1=O. The molecule has 0 bridgehead atoms. The highest BCUT2D eigenvalue weighted by atomic mass is 16.5. The fraction of sp³-hybridized carbons (Fsp3) is 0.273. The summed E-state index contributed by atoms with van der Waals surface area (Å²) >= 11 is 0. The molecule has 0 spiro atoms. The molecule has 1 heterocycles. The van der Waals surface area contributed by atoms with E-state index in [4.69, 9.17) is 4.74 Å². The van der Waals surface area contributed by atoms with E-state index in [-0.39, 0.29) is 22.7 Å². The van der Waals surface area contributed by atoms with Gasteiger partial charge in [0, 0.05) is 12.6 Å². The highest BCUT2D eigenvalue weighted by Crippen LogP contribution is 2.09. The van der Waals surface area contributed by atoms with Crippen LogP contribution in [0.4, 0.5) is 0 Å². The van der Waals surface area contributed by atoms with Crippen LogP contribution < -0.4 is 11.1 Å². The van der Waals surface area contributed by atoms with Crippen LogP contribution in [-0.4, -0.2) is 39.2 Å². The number of nitrogens with one attached hydrogen (secondary N) is 1. The molecule has 2 aromatic carbocycles. The minimum Gasteiger partial charge on any atom is -0.454 e. The number of esters is 1. The van der Waals surface area contributed by atoms with Gasteiger partial charge in [0.1, 0.15) is 6.54 Å². The van der Waals surface area contributed by atoms with Gasteiger partial charge in [-0.3, -0.25) is 24.3 Å². The lowest BCUT2D eigenvalue weighted by atomic mass is 10.2. The summed E-state index contributed by atoms with van der Waals surface area (Å²) in [4.78, 5) is 50.9. The lowest BCUT2D eigenvalue weighted by Crippen LogP contribution is -2.40. The van der Waals surface area contributed by atoms with Crippen LogP contribution in [0.3, 0.4) is 0 Å². The third-order valence-corrected chi connectivity index (χ3v) is 4.67. The van der Waals surface area contributed by atoms with Crippen molar-refractivity contribution in [3.8, 4) is 0 Å². The Hall–Kier alpha value is -3.68. The summed E-state index contributed by atoms with van der Waals surface area (Å²) in [5, 5.41) is 2.82. The average Bonchev–Trinajstić information content (AvgIpc) is 2.74. The molecule has 0 aliphatic carbocycles. The largest absolute Gasteiger partial charge is 0.454 e. The quantitative estimate of drug-likeness (QED) is 0.598. The van der Waals surface area contributed by atoms with E-state index in [1.54, 1.807) is 17.0 Å². The maximum Gasteiger partial charge on any atom is 0.328 e. The molecule has 3 rings (SSSR count). The van der Waals surface area contributed by atoms with Gasteiger partial charge in [0.2, 0.25) is 0 Å². The van der Waals surface area contributed by atoms with Crippen molar-refractivity contribution in [3.63, 3.8) is 0 Å². The molecule has 8 heteroatoms. The molecule has 0 fully saturated rings. The number of hydrogen-bond donors (Lipinski definition) is 1. The van der Waals surface area contributed by atoms with Gasteiger partial charge < -0.3 is 9.64 Å². The Kier molecular flexibility index (Phi) is 6.46. The molecule has 0 radical (unpaired) electrons. The van der Waals surface area contributed by atoms with Gasteiger partial charge in [0.05, 0.1) is 10.8 Å². The summed E-state index contributed by atoms with van der Waals surface area (Å²) in [5.41, 5.74) is -0.0320. The average molecular weight is 409 g/mol. The molecular formula is C22H23N3O5. The van der Waals surface area contributed by atoms with Crippen molar-refractivity contribution in [2.24, 2.45) is 0 Å². The van der Waals surface area contributed by atoms with E-state index >= 15 is 0 Å². The number of fused-ring (bicyclic) bond motifs is 1. The predicted octanol–water partition coefficient (Wildman–Crippen LogP) is 1.67. The first-order valence-corrected chi connectivity index (χ1v) is 9.57. The van der Waals surface area contributed by atoms with Crippen molar-refractivity contribution < 1.29 is 14.3 Å². The summed E-state index contributed by atoms with van der Waals surface area (Å²) in [6, 6.07) is 15.7. The zero-order valence-corrected chi connectivity index (χ0v) is 16.8. The lowest BCUT2D eigenvalue weighted by molar-refractivity contribution is -0.153. The number of carbonyl (C=O) groups excluding carboxylic acids is 2. The molecule has 0 unspecified atom stereocenters. The molecule has 156 valence electrons. The molecule has 3 aromatic rings.